The highest BCUT2D eigenvalue weighted by molar-refractivity contribution is 5.78. The molecule has 0 saturated carbocycles. The molecule has 0 aliphatic carbocycles. The van der Waals surface area contributed by atoms with Gasteiger partial charge in [0.1, 0.15) is 11.5 Å². The Kier molecular flexibility index (Phi) is 4.97. The minimum absolute atomic E-state index is 0.249. The minimum Gasteiger partial charge on any atom is -0.494 e. The van der Waals surface area contributed by atoms with Gasteiger partial charge in [-0.25, -0.2) is 4.79 Å². The van der Waals surface area contributed by atoms with E-state index in [0.29, 0.717) is 30.3 Å². The molecule has 0 bridgehead atoms. The van der Waals surface area contributed by atoms with Gasteiger partial charge >= 0.3 is 5.69 Å². The number of carbonyl (C=O) groups excluding carboxylic acids is 1. The van der Waals surface area contributed by atoms with Crippen molar-refractivity contribution in [1.82, 2.24) is 18.7 Å². The Balaban J connectivity index is 1.92. The molecule has 1 atom stereocenters. The number of nitrogens with zero attached hydrogens (tertiary/aromatic N) is 5. The van der Waals surface area contributed by atoms with E-state index in [1.807, 2.05) is 40.7 Å². The standard InChI is InChI=1S/C21H25N5O4/c1-5-30-16-8-6-15(7-9-16)24-10-13(2)11-25-17-18(22-20(24)25)23(4)21(29)26(19(17)28)12-14(3)27/h6-9,13H,5,10-12H2,1-4H3/t13-/m0/s1. The molecule has 4 rings (SSSR count). The second-order valence-corrected chi connectivity index (χ2v) is 7.77. The number of Topliss-reactive ketones (excluding diaryl/α,β-unsaturated/α-hetero) is 1. The Bertz CT molecular complexity index is 1240. The smallest absolute Gasteiger partial charge is 0.332 e. The van der Waals surface area contributed by atoms with Crippen molar-refractivity contribution in [2.24, 2.45) is 13.0 Å². The molecule has 0 fully saturated rings. The monoisotopic (exact) mass is 411 g/mol. The van der Waals surface area contributed by atoms with Gasteiger partial charge in [0.15, 0.2) is 11.2 Å². The molecule has 158 valence electrons. The summed E-state index contributed by atoms with van der Waals surface area (Å²) in [5.74, 6) is 1.39. The summed E-state index contributed by atoms with van der Waals surface area (Å²) in [4.78, 5) is 44.1. The Hall–Kier alpha value is -3.36. The predicted molar refractivity (Wildman–Crippen MR) is 114 cm³/mol. The van der Waals surface area contributed by atoms with Crippen LogP contribution in [0.2, 0.25) is 0 Å². The van der Waals surface area contributed by atoms with Crippen LogP contribution in [0, 0.1) is 5.92 Å². The molecule has 0 amide bonds. The third-order valence-corrected chi connectivity index (χ3v) is 5.28. The summed E-state index contributed by atoms with van der Waals surface area (Å²) in [6.45, 7) is 7.08. The number of benzene rings is 1. The van der Waals surface area contributed by atoms with Crippen LogP contribution >= 0.6 is 0 Å². The number of imidazole rings is 1. The highest BCUT2D eigenvalue weighted by Crippen LogP contribution is 2.33. The quantitative estimate of drug-likeness (QED) is 0.634. The van der Waals surface area contributed by atoms with Crippen LogP contribution in [0.15, 0.2) is 33.9 Å². The van der Waals surface area contributed by atoms with Gasteiger partial charge in [0.05, 0.1) is 13.2 Å². The van der Waals surface area contributed by atoms with Crippen LogP contribution in [0.4, 0.5) is 11.6 Å². The number of aryl methyl sites for hydroxylation is 1. The van der Waals surface area contributed by atoms with Gasteiger partial charge in [-0.15, -0.1) is 0 Å². The summed E-state index contributed by atoms with van der Waals surface area (Å²) in [5.41, 5.74) is 0.568. The lowest BCUT2D eigenvalue weighted by Crippen LogP contribution is -2.41. The molecule has 0 N–H and O–H groups in total. The Labute approximate surface area is 173 Å². The van der Waals surface area contributed by atoms with Gasteiger partial charge in [0.2, 0.25) is 5.95 Å². The summed E-state index contributed by atoms with van der Waals surface area (Å²) in [5, 5.41) is 0. The third-order valence-electron chi connectivity index (χ3n) is 5.28. The van der Waals surface area contributed by atoms with Gasteiger partial charge in [-0.05, 0) is 44.0 Å². The minimum atomic E-state index is -0.543. The normalized spacial score (nSPS) is 16.0. The fraction of sp³-hybridized carbons (Fsp3) is 0.429. The Morgan fingerprint density at radius 2 is 1.90 bits per heavy atom. The van der Waals surface area contributed by atoms with E-state index in [4.69, 9.17) is 4.74 Å². The van der Waals surface area contributed by atoms with Crippen molar-refractivity contribution in [2.75, 3.05) is 18.1 Å². The first-order chi connectivity index (χ1) is 14.3. The van der Waals surface area contributed by atoms with Crippen molar-refractivity contribution >= 4 is 28.6 Å². The summed E-state index contributed by atoms with van der Waals surface area (Å²) >= 11 is 0. The maximum atomic E-state index is 13.1. The zero-order valence-electron chi connectivity index (χ0n) is 17.6. The van der Waals surface area contributed by atoms with Gasteiger partial charge in [0.25, 0.3) is 5.56 Å². The molecular weight excluding hydrogens is 386 g/mol. The van der Waals surface area contributed by atoms with Gasteiger partial charge in [-0.3, -0.25) is 18.7 Å². The fourth-order valence-electron chi connectivity index (χ4n) is 3.97. The van der Waals surface area contributed by atoms with Crippen molar-refractivity contribution in [2.45, 2.75) is 33.9 Å². The van der Waals surface area contributed by atoms with Crippen molar-refractivity contribution in [3.8, 4) is 5.75 Å². The molecule has 1 aliphatic heterocycles. The van der Waals surface area contributed by atoms with Gasteiger partial charge < -0.3 is 14.2 Å². The van der Waals surface area contributed by atoms with E-state index in [-0.39, 0.29) is 18.2 Å². The summed E-state index contributed by atoms with van der Waals surface area (Å²) < 4.78 is 9.71. The lowest BCUT2D eigenvalue weighted by molar-refractivity contribution is -0.117. The van der Waals surface area contributed by atoms with Crippen LogP contribution in [0.1, 0.15) is 20.8 Å². The topological polar surface area (TPSA) is 91.4 Å². The molecule has 30 heavy (non-hydrogen) atoms. The van der Waals surface area contributed by atoms with E-state index in [1.165, 1.54) is 11.5 Å². The maximum Gasteiger partial charge on any atom is 0.332 e. The molecule has 0 radical (unpaired) electrons. The number of fused-ring (bicyclic) bond motifs is 3. The molecule has 1 aromatic carbocycles. The summed E-state index contributed by atoms with van der Waals surface area (Å²) in [6, 6.07) is 7.72. The van der Waals surface area contributed by atoms with Crippen LogP contribution in [0.25, 0.3) is 11.2 Å². The SMILES string of the molecule is CCOc1ccc(N2C[C@H](C)Cn3c2nc2c3c(=O)n(CC(C)=O)c(=O)n2C)cc1. The lowest BCUT2D eigenvalue weighted by Gasteiger charge is -2.33. The van der Waals surface area contributed by atoms with E-state index in [2.05, 4.69) is 11.9 Å². The summed E-state index contributed by atoms with van der Waals surface area (Å²) in [7, 11) is 1.57. The molecule has 3 aromatic rings. The second-order valence-electron chi connectivity index (χ2n) is 7.77. The molecule has 1 aliphatic rings. The van der Waals surface area contributed by atoms with E-state index in [1.54, 1.807) is 7.05 Å². The number of hydrogen-bond donors (Lipinski definition) is 0. The number of rotatable bonds is 5. The highest BCUT2D eigenvalue weighted by Gasteiger charge is 2.30. The lowest BCUT2D eigenvalue weighted by atomic mass is 10.1. The Morgan fingerprint density at radius 1 is 1.20 bits per heavy atom. The molecular formula is C21H25N5O4. The van der Waals surface area contributed by atoms with Crippen molar-refractivity contribution in [3.05, 3.63) is 45.1 Å². The average Bonchev–Trinajstić information content (AvgIpc) is 3.09. The van der Waals surface area contributed by atoms with E-state index >= 15 is 0 Å². The van der Waals surface area contributed by atoms with Crippen LogP contribution in [0.5, 0.6) is 5.75 Å². The molecule has 0 unspecified atom stereocenters. The number of aromatic nitrogens is 4. The van der Waals surface area contributed by atoms with E-state index < -0.39 is 11.2 Å². The first kappa shape index (κ1) is 19.9. The second kappa shape index (κ2) is 7.47. The predicted octanol–water partition coefficient (Wildman–Crippen LogP) is 1.67. The van der Waals surface area contributed by atoms with Crippen LogP contribution < -0.4 is 20.9 Å². The number of ether oxygens (including phenoxy) is 1. The van der Waals surface area contributed by atoms with Gasteiger partial charge in [-0.2, -0.15) is 4.98 Å². The molecule has 2 aromatic heterocycles. The number of hydrogen-bond acceptors (Lipinski definition) is 6. The maximum absolute atomic E-state index is 13.1. The van der Waals surface area contributed by atoms with E-state index in [0.717, 1.165) is 22.5 Å². The molecule has 0 spiro atoms. The summed E-state index contributed by atoms with van der Waals surface area (Å²) in [6.07, 6.45) is 0. The molecule has 9 heteroatoms. The molecule has 0 saturated heterocycles. The zero-order valence-corrected chi connectivity index (χ0v) is 17.6. The largest absolute Gasteiger partial charge is 0.494 e. The number of ketones is 1. The average molecular weight is 411 g/mol. The van der Waals surface area contributed by atoms with Crippen LogP contribution in [-0.4, -0.2) is 37.6 Å². The third kappa shape index (κ3) is 3.20. The Morgan fingerprint density at radius 3 is 2.53 bits per heavy atom. The van der Waals surface area contributed by atoms with Crippen molar-refractivity contribution < 1.29 is 9.53 Å². The molecule has 9 nitrogen and oxygen atoms in total. The van der Waals surface area contributed by atoms with Gasteiger partial charge in [-0.1, -0.05) is 6.92 Å². The van der Waals surface area contributed by atoms with E-state index in [9.17, 15) is 14.4 Å². The first-order valence-electron chi connectivity index (χ1n) is 10.0. The highest BCUT2D eigenvalue weighted by atomic mass is 16.5. The van der Waals surface area contributed by atoms with Crippen molar-refractivity contribution in [3.63, 3.8) is 0 Å². The fourth-order valence-corrected chi connectivity index (χ4v) is 3.97. The molecule has 3 heterocycles. The van der Waals surface area contributed by atoms with Crippen LogP contribution in [0.3, 0.4) is 0 Å². The van der Waals surface area contributed by atoms with Gasteiger partial charge in [0, 0.05) is 25.8 Å². The first-order valence-corrected chi connectivity index (χ1v) is 10.0. The zero-order chi connectivity index (χ0) is 21.6. The number of carbonyl (C=O) groups is 1. The van der Waals surface area contributed by atoms with Crippen LogP contribution in [-0.2, 0) is 24.9 Å². The number of anilines is 2. The van der Waals surface area contributed by atoms with Crippen molar-refractivity contribution in [1.29, 1.82) is 0 Å².